The lowest BCUT2D eigenvalue weighted by molar-refractivity contribution is 0.0971. The molecule has 2 N–H and O–H groups in total. The summed E-state index contributed by atoms with van der Waals surface area (Å²) in [4.78, 5) is 12.2. The SMILES string of the molecule is CC(C)c1[nH]n(C2CCCCCC2O)c(=O)c1Br. The number of aliphatic hydroxyl groups excluding tert-OH is 1. The molecule has 1 aliphatic carbocycles. The molecule has 1 saturated carbocycles. The average Bonchev–Trinajstić information content (AvgIpc) is 2.51. The Labute approximate surface area is 116 Å². The van der Waals surface area contributed by atoms with Crippen LogP contribution in [0.1, 0.15) is 63.6 Å². The number of nitrogens with zero attached hydrogens (tertiary/aromatic N) is 1. The fourth-order valence-corrected chi connectivity index (χ4v) is 3.37. The lowest BCUT2D eigenvalue weighted by atomic mass is 10.1. The molecule has 18 heavy (non-hydrogen) atoms. The zero-order valence-corrected chi connectivity index (χ0v) is 12.5. The van der Waals surface area contributed by atoms with Crippen LogP contribution < -0.4 is 5.56 Å². The quantitative estimate of drug-likeness (QED) is 0.824. The minimum Gasteiger partial charge on any atom is -0.391 e. The second-order valence-corrected chi connectivity index (χ2v) is 6.24. The van der Waals surface area contributed by atoms with Crippen LogP contribution in [0, 0.1) is 0 Å². The molecule has 1 aromatic rings. The van der Waals surface area contributed by atoms with Gasteiger partial charge in [-0.1, -0.05) is 33.1 Å². The standard InChI is InChI=1S/C13H21BrN2O2/c1-8(2)12-11(14)13(18)16(15-12)9-6-4-3-5-7-10(9)17/h8-10,15,17H,3-7H2,1-2H3. The molecule has 1 aromatic heterocycles. The van der Waals surface area contributed by atoms with E-state index < -0.39 is 6.10 Å². The van der Waals surface area contributed by atoms with Crippen molar-refractivity contribution in [3.05, 3.63) is 20.5 Å². The van der Waals surface area contributed by atoms with E-state index in [4.69, 9.17) is 0 Å². The molecule has 0 spiro atoms. The monoisotopic (exact) mass is 316 g/mol. The summed E-state index contributed by atoms with van der Waals surface area (Å²) in [5, 5.41) is 13.3. The fourth-order valence-electron chi connectivity index (χ4n) is 2.64. The molecule has 4 nitrogen and oxygen atoms in total. The molecule has 5 heteroatoms. The maximum Gasteiger partial charge on any atom is 0.281 e. The van der Waals surface area contributed by atoms with Gasteiger partial charge < -0.3 is 5.11 Å². The van der Waals surface area contributed by atoms with E-state index in [1.807, 2.05) is 13.8 Å². The number of aliphatic hydroxyl groups is 1. The first-order valence-electron chi connectivity index (χ1n) is 6.70. The molecule has 2 atom stereocenters. The molecule has 0 amide bonds. The minimum absolute atomic E-state index is 0.0512. The Morgan fingerprint density at radius 1 is 1.33 bits per heavy atom. The zero-order valence-electron chi connectivity index (χ0n) is 10.9. The molecule has 0 aromatic carbocycles. The van der Waals surface area contributed by atoms with Crippen LogP contribution in [0.5, 0.6) is 0 Å². The summed E-state index contributed by atoms with van der Waals surface area (Å²) in [6, 6.07) is -0.108. The van der Waals surface area contributed by atoms with Gasteiger partial charge in [0.05, 0.1) is 17.8 Å². The summed E-state index contributed by atoms with van der Waals surface area (Å²) in [7, 11) is 0. The highest BCUT2D eigenvalue weighted by Crippen LogP contribution is 2.28. The van der Waals surface area contributed by atoms with Crippen LogP contribution in [0.25, 0.3) is 0 Å². The number of hydrogen-bond acceptors (Lipinski definition) is 2. The van der Waals surface area contributed by atoms with Gasteiger partial charge in [0.1, 0.15) is 4.47 Å². The van der Waals surface area contributed by atoms with Crippen molar-refractivity contribution in [2.45, 2.75) is 64.0 Å². The predicted molar refractivity (Wildman–Crippen MR) is 75.0 cm³/mol. The summed E-state index contributed by atoms with van der Waals surface area (Å²) >= 11 is 3.36. The van der Waals surface area contributed by atoms with Crippen molar-refractivity contribution in [2.75, 3.05) is 0 Å². The van der Waals surface area contributed by atoms with Gasteiger partial charge in [-0.25, -0.2) is 4.68 Å². The molecular formula is C13H21BrN2O2. The molecule has 2 unspecified atom stereocenters. The van der Waals surface area contributed by atoms with Crippen LogP contribution >= 0.6 is 15.9 Å². The Hall–Kier alpha value is -0.550. The maximum atomic E-state index is 12.2. The van der Waals surface area contributed by atoms with Crippen molar-refractivity contribution in [1.82, 2.24) is 9.78 Å². The highest BCUT2D eigenvalue weighted by molar-refractivity contribution is 9.10. The molecule has 0 bridgehead atoms. The van der Waals surface area contributed by atoms with Crippen LogP contribution in [-0.4, -0.2) is 21.0 Å². The number of aromatic amines is 1. The van der Waals surface area contributed by atoms with E-state index in [0.717, 1.165) is 37.8 Å². The number of nitrogens with one attached hydrogen (secondary N) is 1. The second kappa shape index (κ2) is 5.61. The van der Waals surface area contributed by atoms with Gasteiger partial charge in [-0.2, -0.15) is 0 Å². The molecule has 0 aliphatic heterocycles. The minimum atomic E-state index is -0.421. The van der Waals surface area contributed by atoms with Gasteiger partial charge >= 0.3 is 0 Å². The molecule has 2 rings (SSSR count). The normalized spacial score (nSPS) is 25.4. The summed E-state index contributed by atoms with van der Waals surface area (Å²) in [6.45, 7) is 4.09. The first kappa shape index (κ1) is 13.9. The zero-order chi connectivity index (χ0) is 13.3. The van der Waals surface area contributed by atoms with E-state index in [-0.39, 0.29) is 17.5 Å². The van der Waals surface area contributed by atoms with Crippen molar-refractivity contribution >= 4 is 15.9 Å². The first-order valence-corrected chi connectivity index (χ1v) is 7.49. The lowest BCUT2D eigenvalue weighted by Gasteiger charge is -2.21. The fraction of sp³-hybridized carbons (Fsp3) is 0.769. The van der Waals surface area contributed by atoms with Gasteiger partial charge in [0, 0.05) is 0 Å². The molecule has 1 fully saturated rings. The number of halogens is 1. The van der Waals surface area contributed by atoms with E-state index in [2.05, 4.69) is 21.0 Å². The summed E-state index contributed by atoms with van der Waals surface area (Å²) in [5.74, 6) is 0.260. The summed E-state index contributed by atoms with van der Waals surface area (Å²) in [5.41, 5.74) is 0.862. The van der Waals surface area contributed by atoms with Gasteiger partial charge in [0.15, 0.2) is 0 Å². The van der Waals surface area contributed by atoms with E-state index in [1.54, 1.807) is 4.68 Å². The van der Waals surface area contributed by atoms with E-state index in [1.165, 1.54) is 0 Å². The van der Waals surface area contributed by atoms with E-state index in [9.17, 15) is 9.90 Å². The number of hydrogen-bond donors (Lipinski definition) is 2. The third-order valence-corrected chi connectivity index (χ3v) is 4.50. The van der Waals surface area contributed by atoms with Crippen molar-refractivity contribution in [1.29, 1.82) is 0 Å². The van der Waals surface area contributed by atoms with Crippen molar-refractivity contribution < 1.29 is 5.11 Å². The van der Waals surface area contributed by atoms with Crippen molar-refractivity contribution in [3.63, 3.8) is 0 Å². The van der Waals surface area contributed by atoms with Gasteiger partial charge in [0.25, 0.3) is 5.56 Å². The Bertz CT molecular complexity index is 464. The third-order valence-electron chi connectivity index (χ3n) is 3.74. The van der Waals surface area contributed by atoms with Gasteiger partial charge in [-0.3, -0.25) is 9.89 Å². The second-order valence-electron chi connectivity index (χ2n) is 5.44. The molecule has 0 radical (unpaired) electrons. The molecular weight excluding hydrogens is 296 g/mol. The molecule has 102 valence electrons. The lowest BCUT2D eigenvalue weighted by Crippen LogP contribution is -2.31. The number of H-pyrrole nitrogens is 1. The van der Waals surface area contributed by atoms with E-state index in [0.29, 0.717) is 4.47 Å². The summed E-state index contributed by atoms with van der Waals surface area (Å²) < 4.78 is 2.23. The molecule has 1 heterocycles. The van der Waals surface area contributed by atoms with Crippen molar-refractivity contribution in [3.8, 4) is 0 Å². The summed E-state index contributed by atoms with van der Waals surface area (Å²) in [6.07, 6.45) is 4.49. The Kier molecular flexibility index (Phi) is 4.33. The average molecular weight is 317 g/mol. The van der Waals surface area contributed by atoms with Crippen LogP contribution in [0.2, 0.25) is 0 Å². The predicted octanol–water partition coefficient (Wildman–Crippen LogP) is 2.93. The van der Waals surface area contributed by atoms with Crippen LogP contribution in [0.3, 0.4) is 0 Å². The first-order chi connectivity index (χ1) is 8.52. The van der Waals surface area contributed by atoms with E-state index >= 15 is 0 Å². The number of aromatic nitrogens is 2. The molecule has 0 saturated heterocycles. The third kappa shape index (κ3) is 2.57. The Morgan fingerprint density at radius 2 is 2.00 bits per heavy atom. The van der Waals surface area contributed by atoms with Gasteiger partial charge in [-0.05, 0) is 34.7 Å². The Morgan fingerprint density at radius 3 is 2.61 bits per heavy atom. The molecule has 1 aliphatic rings. The van der Waals surface area contributed by atoms with Crippen LogP contribution in [-0.2, 0) is 0 Å². The largest absolute Gasteiger partial charge is 0.391 e. The topological polar surface area (TPSA) is 58.0 Å². The maximum absolute atomic E-state index is 12.2. The highest BCUT2D eigenvalue weighted by atomic mass is 79.9. The van der Waals surface area contributed by atoms with Crippen LogP contribution in [0.4, 0.5) is 0 Å². The van der Waals surface area contributed by atoms with Gasteiger partial charge in [-0.15, -0.1) is 0 Å². The smallest absolute Gasteiger partial charge is 0.281 e. The number of rotatable bonds is 2. The highest BCUT2D eigenvalue weighted by Gasteiger charge is 2.27. The Balaban J connectivity index is 2.37. The van der Waals surface area contributed by atoms with Gasteiger partial charge in [0.2, 0.25) is 0 Å². The van der Waals surface area contributed by atoms with Crippen LogP contribution in [0.15, 0.2) is 9.27 Å². The van der Waals surface area contributed by atoms with Crippen molar-refractivity contribution in [2.24, 2.45) is 0 Å².